The van der Waals surface area contributed by atoms with Crippen LogP contribution in [-0.2, 0) is 14.4 Å². The van der Waals surface area contributed by atoms with Gasteiger partial charge in [0, 0.05) is 42.4 Å². The molecule has 0 aliphatic carbocycles. The van der Waals surface area contributed by atoms with Crippen LogP contribution in [0.4, 0.5) is 11.4 Å². The normalized spacial score (nSPS) is 27.6. The van der Waals surface area contributed by atoms with Crippen molar-refractivity contribution in [3.8, 4) is 0 Å². The molecule has 2 unspecified atom stereocenters. The van der Waals surface area contributed by atoms with Crippen LogP contribution < -0.4 is 9.80 Å². The Bertz CT molecular complexity index is 1400. The molecule has 2 bridgehead atoms. The summed E-state index contributed by atoms with van der Waals surface area (Å²) in [7, 11) is 0. The van der Waals surface area contributed by atoms with Crippen LogP contribution in [0, 0.1) is 25.7 Å². The minimum atomic E-state index is -0.754. The van der Waals surface area contributed by atoms with E-state index in [2.05, 4.69) is 20.1 Å². The lowest BCUT2D eigenvalue weighted by atomic mass is 9.66. The molecule has 2 aromatic rings. The molecule has 1 N–H and O–H groups in total. The molecule has 3 aliphatic rings. The molecule has 3 heterocycles. The van der Waals surface area contributed by atoms with Crippen LogP contribution in [0.5, 0.6) is 0 Å². The van der Waals surface area contributed by atoms with Crippen molar-refractivity contribution in [1.82, 2.24) is 4.90 Å². The average molecular weight is 588 g/mol. The Morgan fingerprint density at radius 3 is 2.40 bits per heavy atom. The van der Waals surface area contributed by atoms with Crippen LogP contribution in [0.2, 0.25) is 0 Å². The number of carbonyl (C=O) groups excluding carboxylic acids is 3. The number of fused-ring (bicyclic) bond motifs is 1. The summed E-state index contributed by atoms with van der Waals surface area (Å²) in [5.74, 6) is -1.66. The molecule has 8 heteroatoms. The summed E-state index contributed by atoms with van der Waals surface area (Å²) in [6.07, 6.45) is 5.18. The van der Waals surface area contributed by atoms with Crippen LogP contribution in [0.15, 0.2) is 73.8 Å². The summed E-state index contributed by atoms with van der Waals surface area (Å²) in [5, 5.41) is 9.73. The number of thioether (sulfide) groups is 1. The van der Waals surface area contributed by atoms with Gasteiger partial charge in [0.2, 0.25) is 11.8 Å². The third-order valence-corrected chi connectivity index (χ3v) is 11.2. The Hall–Kier alpha value is -3.36. The third-order valence-electron chi connectivity index (χ3n) is 9.21. The summed E-state index contributed by atoms with van der Waals surface area (Å²) in [4.78, 5) is 48.9. The first kappa shape index (κ1) is 30.1. The average Bonchev–Trinajstić information content (AvgIpc) is 3.55. The first-order chi connectivity index (χ1) is 20.1. The molecule has 3 amide bonds. The second-order valence-corrected chi connectivity index (χ2v) is 13.8. The van der Waals surface area contributed by atoms with Gasteiger partial charge in [-0.05, 0) is 69.4 Å². The summed E-state index contributed by atoms with van der Waals surface area (Å²) >= 11 is 1.66. The summed E-state index contributed by atoms with van der Waals surface area (Å²) < 4.78 is -1.23. The predicted octanol–water partition coefficient (Wildman–Crippen LogP) is 4.91. The Morgan fingerprint density at radius 1 is 1.05 bits per heavy atom. The number of rotatable bonds is 11. The molecule has 3 saturated heterocycles. The highest BCUT2D eigenvalue weighted by atomic mass is 32.2. The molecule has 0 radical (unpaired) electrons. The summed E-state index contributed by atoms with van der Waals surface area (Å²) in [5.41, 5.74) is 3.55. The maximum Gasteiger partial charge on any atom is 0.251 e. The van der Waals surface area contributed by atoms with Gasteiger partial charge in [0.1, 0.15) is 6.04 Å². The van der Waals surface area contributed by atoms with E-state index in [-0.39, 0.29) is 30.9 Å². The van der Waals surface area contributed by atoms with Crippen LogP contribution in [-0.4, -0.2) is 69.5 Å². The van der Waals surface area contributed by atoms with Crippen LogP contribution in [0.25, 0.3) is 0 Å². The van der Waals surface area contributed by atoms with E-state index in [1.165, 1.54) is 0 Å². The van der Waals surface area contributed by atoms with Gasteiger partial charge in [-0.25, -0.2) is 0 Å². The largest absolute Gasteiger partial charge is 0.396 e. The number of aliphatic hydroxyl groups is 1. The van der Waals surface area contributed by atoms with Crippen molar-refractivity contribution < 1.29 is 19.5 Å². The fraction of sp³-hybridized carbons (Fsp3) is 0.441. The van der Waals surface area contributed by atoms with Gasteiger partial charge in [0.25, 0.3) is 5.91 Å². The minimum absolute atomic E-state index is 0.0932. The molecule has 0 aromatic heterocycles. The number of nitrogens with zero attached hydrogens (tertiary/aromatic N) is 3. The molecule has 222 valence electrons. The van der Waals surface area contributed by atoms with Crippen molar-refractivity contribution in [2.24, 2.45) is 11.8 Å². The van der Waals surface area contributed by atoms with E-state index in [0.29, 0.717) is 25.9 Å². The number of aliphatic hydroxyl groups excluding tert-OH is 1. The van der Waals surface area contributed by atoms with Crippen LogP contribution in [0.1, 0.15) is 37.3 Å². The second kappa shape index (κ2) is 11.7. The Balaban J connectivity index is 1.60. The number of aryl methyl sites for hydroxylation is 2. The van der Waals surface area contributed by atoms with Gasteiger partial charge in [0.05, 0.1) is 16.6 Å². The molecule has 7 nitrogen and oxygen atoms in total. The molecular formula is C34H41N3O4S. The van der Waals surface area contributed by atoms with E-state index in [1.54, 1.807) is 38.6 Å². The second-order valence-electron chi connectivity index (χ2n) is 11.9. The number of anilines is 2. The molecule has 0 saturated carbocycles. The standard InChI is InChI=1S/C34H41N3O4S/c1-6-18-35(25-12-9-8-10-13-25)30(39)27-28-31(40)37(20-11-21-38)29(34(28)17-16-33(27,5)42-34)32(41)36(19-7-2)26-22-23(3)14-15-24(26)4/h6-10,12-15,22,27-29,38H,1-2,11,16-21H2,3-5H3/t27-,28+,29?,33+,34?/m1/s1. The van der Waals surface area contributed by atoms with Crippen molar-refractivity contribution in [2.45, 2.75) is 55.6 Å². The predicted molar refractivity (Wildman–Crippen MR) is 170 cm³/mol. The van der Waals surface area contributed by atoms with Gasteiger partial charge < -0.3 is 19.8 Å². The maximum atomic E-state index is 14.8. The van der Waals surface area contributed by atoms with Gasteiger partial charge in [-0.1, -0.05) is 42.5 Å². The van der Waals surface area contributed by atoms with Gasteiger partial charge in [-0.2, -0.15) is 0 Å². The van der Waals surface area contributed by atoms with E-state index >= 15 is 0 Å². The van der Waals surface area contributed by atoms with Crippen molar-refractivity contribution in [2.75, 3.05) is 36.0 Å². The first-order valence-corrected chi connectivity index (χ1v) is 15.5. The lowest BCUT2D eigenvalue weighted by Crippen LogP contribution is -2.55. The van der Waals surface area contributed by atoms with E-state index in [4.69, 9.17) is 0 Å². The molecule has 3 fully saturated rings. The molecule has 3 aliphatic heterocycles. The SMILES string of the molecule is C=CCN(C(=O)[C@H]1[C@H]2C(=O)N(CCCO)C(C(=O)N(CC=C)c3cc(C)ccc3C)C23CC[C@]1(C)S3)c1ccccc1. The van der Waals surface area contributed by atoms with E-state index in [9.17, 15) is 19.5 Å². The third kappa shape index (κ3) is 4.78. The highest BCUT2D eigenvalue weighted by Gasteiger charge is 2.77. The number of hydrogen-bond acceptors (Lipinski definition) is 5. The van der Waals surface area contributed by atoms with E-state index in [0.717, 1.165) is 28.9 Å². The van der Waals surface area contributed by atoms with Crippen molar-refractivity contribution >= 4 is 40.9 Å². The molecule has 5 atom stereocenters. The molecule has 42 heavy (non-hydrogen) atoms. The van der Waals surface area contributed by atoms with Gasteiger partial charge in [-0.3, -0.25) is 14.4 Å². The molecular weight excluding hydrogens is 546 g/mol. The topological polar surface area (TPSA) is 81.2 Å². The number of likely N-dealkylation sites (tertiary alicyclic amines) is 1. The maximum absolute atomic E-state index is 14.8. The lowest BCUT2D eigenvalue weighted by Gasteiger charge is -2.38. The zero-order valence-corrected chi connectivity index (χ0v) is 25.6. The molecule has 2 aromatic carbocycles. The minimum Gasteiger partial charge on any atom is -0.396 e. The van der Waals surface area contributed by atoms with E-state index in [1.807, 2.05) is 62.4 Å². The number of para-hydroxylation sites is 1. The van der Waals surface area contributed by atoms with Crippen molar-refractivity contribution in [3.63, 3.8) is 0 Å². The smallest absolute Gasteiger partial charge is 0.251 e. The highest BCUT2D eigenvalue weighted by Crippen LogP contribution is 2.71. The van der Waals surface area contributed by atoms with Crippen LogP contribution >= 0.6 is 11.8 Å². The Kier molecular flexibility index (Phi) is 8.41. The highest BCUT2D eigenvalue weighted by molar-refractivity contribution is 8.02. The van der Waals surface area contributed by atoms with Gasteiger partial charge in [0.15, 0.2) is 0 Å². The lowest BCUT2D eigenvalue weighted by molar-refractivity contribution is -0.139. The molecule has 1 spiro atoms. The van der Waals surface area contributed by atoms with Crippen molar-refractivity contribution in [3.05, 3.63) is 85.0 Å². The Labute approximate surface area is 253 Å². The monoisotopic (exact) mass is 587 g/mol. The summed E-state index contributed by atoms with van der Waals surface area (Å²) in [6, 6.07) is 14.8. The molecule has 5 rings (SSSR count). The van der Waals surface area contributed by atoms with E-state index < -0.39 is 27.4 Å². The quantitative estimate of drug-likeness (QED) is 0.378. The van der Waals surface area contributed by atoms with Gasteiger partial charge >= 0.3 is 0 Å². The summed E-state index contributed by atoms with van der Waals surface area (Å²) in [6.45, 7) is 14.7. The van der Waals surface area contributed by atoms with Crippen LogP contribution in [0.3, 0.4) is 0 Å². The number of benzene rings is 2. The fourth-order valence-corrected chi connectivity index (χ4v) is 9.73. The Morgan fingerprint density at radius 2 is 1.74 bits per heavy atom. The fourth-order valence-electron chi connectivity index (χ4n) is 7.38. The zero-order valence-electron chi connectivity index (χ0n) is 24.8. The number of amides is 3. The zero-order chi connectivity index (χ0) is 30.2. The first-order valence-electron chi connectivity index (χ1n) is 14.7. The number of carbonyl (C=O) groups is 3. The number of hydrogen-bond donors (Lipinski definition) is 1. The van der Waals surface area contributed by atoms with Gasteiger partial charge in [-0.15, -0.1) is 24.9 Å². The van der Waals surface area contributed by atoms with Crippen molar-refractivity contribution in [1.29, 1.82) is 0 Å².